The minimum atomic E-state index is -0.0277. The van der Waals surface area contributed by atoms with Crippen LogP contribution in [0.1, 0.15) is 167 Å². The zero-order valence-corrected chi connectivity index (χ0v) is 26.2. The van der Waals surface area contributed by atoms with Crippen molar-refractivity contribution in [2.24, 2.45) is 10.2 Å². The highest BCUT2D eigenvalue weighted by molar-refractivity contribution is 6.02. The van der Waals surface area contributed by atoms with Crippen molar-refractivity contribution in [1.29, 1.82) is 0 Å². The predicted molar refractivity (Wildman–Crippen MR) is 171 cm³/mol. The van der Waals surface area contributed by atoms with E-state index in [0.717, 1.165) is 48.2 Å². The van der Waals surface area contributed by atoms with Gasteiger partial charge in [-0.1, -0.05) is 141 Å². The van der Waals surface area contributed by atoms with E-state index in [9.17, 15) is 9.59 Å². The first-order valence-electron chi connectivity index (χ1n) is 16.2. The standard InChI is InChI=1S/C34H58N4O2/c1-5-7-9-11-13-15-17-19-21-23-33(39)37-35-29(3)31-25-27-32(28-26-31)30(4)36-38-34(40)24-22-20-18-16-14-12-10-8-6-2/h25-28H,5-24H2,1-4H3,(H,37,39)(H,38,40). The van der Waals surface area contributed by atoms with Crippen molar-refractivity contribution in [2.75, 3.05) is 0 Å². The Bertz CT molecular complexity index is 790. The van der Waals surface area contributed by atoms with Crippen molar-refractivity contribution in [3.8, 4) is 0 Å². The van der Waals surface area contributed by atoms with Crippen LogP contribution in [0.5, 0.6) is 0 Å². The molecule has 1 rings (SSSR count). The molecule has 0 unspecified atom stereocenters. The number of amides is 2. The fourth-order valence-electron chi connectivity index (χ4n) is 4.68. The van der Waals surface area contributed by atoms with Gasteiger partial charge in [0.25, 0.3) is 0 Å². The van der Waals surface area contributed by atoms with E-state index in [4.69, 9.17) is 0 Å². The highest BCUT2D eigenvalue weighted by Crippen LogP contribution is 2.12. The zero-order chi connectivity index (χ0) is 29.3. The van der Waals surface area contributed by atoms with Crippen LogP contribution < -0.4 is 10.9 Å². The van der Waals surface area contributed by atoms with Gasteiger partial charge in [-0.3, -0.25) is 9.59 Å². The molecule has 2 amide bonds. The second-order valence-electron chi connectivity index (χ2n) is 11.2. The molecule has 0 aliphatic rings. The van der Waals surface area contributed by atoms with Gasteiger partial charge in [0, 0.05) is 12.8 Å². The van der Waals surface area contributed by atoms with Gasteiger partial charge < -0.3 is 0 Å². The van der Waals surface area contributed by atoms with Crippen LogP contribution in [0.15, 0.2) is 34.5 Å². The Labute approximate surface area is 245 Å². The van der Waals surface area contributed by atoms with Gasteiger partial charge in [-0.25, -0.2) is 10.9 Å². The summed E-state index contributed by atoms with van der Waals surface area (Å²) < 4.78 is 0. The summed E-state index contributed by atoms with van der Waals surface area (Å²) in [6.07, 6.45) is 23.3. The average Bonchev–Trinajstić information content (AvgIpc) is 2.97. The Kier molecular flexibility index (Phi) is 21.6. The number of hydrazone groups is 2. The molecule has 6 heteroatoms. The molecule has 0 saturated carbocycles. The van der Waals surface area contributed by atoms with Crippen LogP contribution in [0.4, 0.5) is 0 Å². The molecule has 6 nitrogen and oxygen atoms in total. The molecule has 1 aromatic rings. The van der Waals surface area contributed by atoms with Gasteiger partial charge in [0.2, 0.25) is 11.8 Å². The van der Waals surface area contributed by atoms with E-state index in [0.29, 0.717) is 12.8 Å². The first-order valence-corrected chi connectivity index (χ1v) is 16.2. The third-order valence-electron chi connectivity index (χ3n) is 7.43. The highest BCUT2D eigenvalue weighted by atomic mass is 16.2. The second kappa shape index (κ2) is 24.3. The summed E-state index contributed by atoms with van der Waals surface area (Å²) in [4.78, 5) is 24.3. The van der Waals surface area contributed by atoms with Crippen molar-refractivity contribution in [3.05, 3.63) is 35.4 Å². The molecule has 2 N–H and O–H groups in total. The fourth-order valence-corrected chi connectivity index (χ4v) is 4.68. The SMILES string of the molecule is CCCCCCCCCCCC(=O)NN=C(C)c1ccc(C(C)=NNC(=O)CCCCCCCCCCC)cc1. The van der Waals surface area contributed by atoms with Crippen molar-refractivity contribution < 1.29 is 9.59 Å². The van der Waals surface area contributed by atoms with Crippen molar-refractivity contribution in [3.63, 3.8) is 0 Å². The number of nitrogens with zero attached hydrogens (tertiary/aromatic N) is 2. The lowest BCUT2D eigenvalue weighted by molar-refractivity contribution is -0.122. The molecule has 0 fully saturated rings. The van der Waals surface area contributed by atoms with Gasteiger partial charge in [0.1, 0.15) is 0 Å². The molecule has 0 radical (unpaired) electrons. The Balaban J connectivity index is 2.25. The lowest BCUT2D eigenvalue weighted by Crippen LogP contribution is -2.19. The third kappa shape index (κ3) is 18.7. The van der Waals surface area contributed by atoms with E-state index in [-0.39, 0.29) is 11.8 Å². The Morgan fingerprint density at radius 2 is 0.775 bits per heavy atom. The molecule has 226 valence electrons. The summed E-state index contributed by atoms with van der Waals surface area (Å²) in [5, 5.41) is 8.56. The van der Waals surface area contributed by atoms with E-state index >= 15 is 0 Å². The number of nitrogens with one attached hydrogen (secondary N) is 2. The summed E-state index contributed by atoms with van der Waals surface area (Å²) in [7, 11) is 0. The van der Waals surface area contributed by atoms with Crippen LogP contribution in [0.25, 0.3) is 0 Å². The summed E-state index contributed by atoms with van der Waals surface area (Å²) in [6, 6.07) is 7.85. The molecule has 0 atom stereocenters. The minimum Gasteiger partial charge on any atom is -0.273 e. The van der Waals surface area contributed by atoms with Gasteiger partial charge in [0.15, 0.2) is 0 Å². The van der Waals surface area contributed by atoms with Crippen LogP contribution in [-0.4, -0.2) is 23.2 Å². The first-order chi connectivity index (χ1) is 19.5. The van der Waals surface area contributed by atoms with E-state index < -0.39 is 0 Å². The van der Waals surface area contributed by atoms with Gasteiger partial charge >= 0.3 is 0 Å². The van der Waals surface area contributed by atoms with E-state index in [1.165, 1.54) is 89.9 Å². The normalized spacial score (nSPS) is 12.0. The zero-order valence-electron chi connectivity index (χ0n) is 26.2. The van der Waals surface area contributed by atoms with Crippen LogP contribution >= 0.6 is 0 Å². The summed E-state index contributed by atoms with van der Waals surface area (Å²) >= 11 is 0. The van der Waals surface area contributed by atoms with Gasteiger partial charge in [-0.05, 0) is 37.8 Å². The average molecular weight is 555 g/mol. The Morgan fingerprint density at radius 3 is 1.07 bits per heavy atom. The van der Waals surface area contributed by atoms with Crippen LogP contribution in [0.2, 0.25) is 0 Å². The molecule has 0 aliphatic carbocycles. The minimum absolute atomic E-state index is 0.0277. The topological polar surface area (TPSA) is 82.9 Å². The molecule has 1 aromatic carbocycles. The highest BCUT2D eigenvalue weighted by Gasteiger charge is 2.05. The largest absolute Gasteiger partial charge is 0.273 e. The third-order valence-corrected chi connectivity index (χ3v) is 7.43. The number of hydrogen-bond acceptors (Lipinski definition) is 4. The maximum absolute atomic E-state index is 12.1. The number of unbranched alkanes of at least 4 members (excludes halogenated alkanes) is 16. The molecule has 0 bridgehead atoms. The van der Waals surface area contributed by atoms with Gasteiger partial charge in [-0.15, -0.1) is 0 Å². The summed E-state index contributed by atoms with van der Waals surface area (Å²) in [5.74, 6) is -0.0555. The van der Waals surface area contributed by atoms with E-state index in [1.54, 1.807) is 0 Å². The maximum Gasteiger partial charge on any atom is 0.240 e. The van der Waals surface area contributed by atoms with E-state index in [2.05, 4.69) is 34.9 Å². The molecule has 0 aliphatic heterocycles. The molecule has 0 saturated heterocycles. The number of rotatable bonds is 24. The monoisotopic (exact) mass is 554 g/mol. The summed E-state index contributed by atoms with van der Waals surface area (Å²) in [6.45, 7) is 8.27. The van der Waals surface area contributed by atoms with Crippen LogP contribution in [0, 0.1) is 0 Å². The maximum atomic E-state index is 12.1. The van der Waals surface area contributed by atoms with Crippen molar-refractivity contribution in [2.45, 2.75) is 156 Å². The smallest absolute Gasteiger partial charge is 0.240 e. The lowest BCUT2D eigenvalue weighted by Gasteiger charge is -2.06. The molecule has 0 aromatic heterocycles. The van der Waals surface area contributed by atoms with Crippen LogP contribution in [0.3, 0.4) is 0 Å². The first kappa shape index (κ1) is 35.5. The predicted octanol–water partition coefficient (Wildman–Crippen LogP) is 9.21. The van der Waals surface area contributed by atoms with E-state index in [1.807, 2.05) is 38.1 Å². The molecule has 0 spiro atoms. The van der Waals surface area contributed by atoms with Crippen LogP contribution in [-0.2, 0) is 9.59 Å². The molecular weight excluding hydrogens is 496 g/mol. The second-order valence-corrected chi connectivity index (χ2v) is 11.2. The Morgan fingerprint density at radius 1 is 0.500 bits per heavy atom. The van der Waals surface area contributed by atoms with Crippen molar-refractivity contribution in [1.82, 2.24) is 10.9 Å². The molecular formula is C34H58N4O2. The van der Waals surface area contributed by atoms with Gasteiger partial charge in [-0.2, -0.15) is 10.2 Å². The Hall–Kier alpha value is -2.50. The fraction of sp³-hybridized carbons (Fsp3) is 0.706. The van der Waals surface area contributed by atoms with Gasteiger partial charge in [0.05, 0.1) is 11.4 Å². The van der Waals surface area contributed by atoms with Crippen molar-refractivity contribution >= 4 is 23.2 Å². The molecule has 0 heterocycles. The number of carbonyl (C=O) groups is 2. The quantitative estimate of drug-likeness (QED) is 0.0758. The lowest BCUT2D eigenvalue weighted by atomic mass is 10.1. The number of benzene rings is 1. The summed E-state index contributed by atoms with van der Waals surface area (Å²) in [5.41, 5.74) is 8.78. The number of carbonyl (C=O) groups excluding carboxylic acids is 2. The number of hydrogen-bond donors (Lipinski definition) is 2. The molecule has 40 heavy (non-hydrogen) atoms.